The number of rotatable bonds is 8. The van der Waals surface area contributed by atoms with Crippen molar-refractivity contribution < 1.29 is 9.59 Å². The van der Waals surface area contributed by atoms with Crippen LogP contribution in [0.1, 0.15) is 27.0 Å². The zero-order valence-corrected chi connectivity index (χ0v) is 17.0. The van der Waals surface area contributed by atoms with E-state index in [-0.39, 0.29) is 11.8 Å². The van der Waals surface area contributed by atoms with Crippen molar-refractivity contribution in [2.24, 2.45) is 0 Å². The third-order valence-corrected chi connectivity index (χ3v) is 5.23. The number of nitriles is 1. The first-order chi connectivity index (χ1) is 14.6. The highest BCUT2D eigenvalue weighted by atomic mass is 32.2. The lowest BCUT2D eigenvalue weighted by Crippen LogP contribution is -2.24. The number of aromatic nitrogens is 1. The first-order valence-electron chi connectivity index (χ1n) is 9.28. The standard InChI is InChI=1S/C23H20N4O2S/c24-13-17-1-3-19(4-2-17)15-30-16-22(28)26-14-18-5-7-21(8-6-18)27-23(29)20-9-11-25-12-10-20/h1-12H,14-16H2,(H,26,28)(H,27,29). The van der Waals surface area contributed by atoms with E-state index in [0.29, 0.717) is 34.9 Å². The van der Waals surface area contributed by atoms with E-state index < -0.39 is 0 Å². The summed E-state index contributed by atoms with van der Waals surface area (Å²) in [5.41, 5.74) is 3.88. The smallest absolute Gasteiger partial charge is 0.255 e. The van der Waals surface area contributed by atoms with Crippen molar-refractivity contribution in [3.05, 3.63) is 95.3 Å². The van der Waals surface area contributed by atoms with Gasteiger partial charge in [-0.25, -0.2) is 0 Å². The van der Waals surface area contributed by atoms with Crippen molar-refractivity contribution in [3.8, 4) is 6.07 Å². The van der Waals surface area contributed by atoms with Gasteiger partial charge in [-0.1, -0.05) is 24.3 Å². The topological polar surface area (TPSA) is 94.9 Å². The highest BCUT2D eigenvalue weighted by Gasteiger charge is 2.06. The van der Waals surface area contributed by atoms with Gasteiger partial charge in [-0.15, -0.1) is 11.8 Å². The molecule has 0 saturated heterocycles. The van der Waals surface area contributed by atoms with Crippen LogP contribution in [0, 0.1) is 11.3 Å². The fraction of sp³-hybridized carbons (Fsp3) is 0.130. The molecular weight excluding hydrogens is 396 g/mol. The third kappa shape index (κ3) is 6.47. The van der Waals surface area contributed by atoms with E-state index in [1.807, 2.05) is 24.3 Å². The van der Waals surface area contributed by atoms with Crippen molar-refractivity contribution in [2.45, 2.75) is 12.3 Å². The van der Waals surface area contributed by atoms with Crippen LogP contribution in [0.5, 0.6) is 0 Å². The predicted octanol–water partition coefficient (Wildman–Crippen LogP) is 3.76. The number of benzene rings is 2. The lowest BCUT2D eigenvalue weighted by molar-refractivity contribution is -0.118. The number of pyridine rings is 1. The molecule has 2 aromatic carbocycles. The molecule has 0 saturated carbocycles. The molecule has 1 heterocycles. The Labute approximate surface area is 179 Å². The van der Waals surface area contributed by atoms with Crippen LogP contribution < -0.4 is 10.6 Å². The maximum Gasteiger partial charge on any atom is 0.255 e. The van der Waals surface area contributed by atoms with Crippen LogP contribution in [-0.4, -0.2) is 22.6 Å². The predicted molar refractivity (Wildman–Crippen MR) is 118 cm³/mol. The van der Waals surface area contributed by atoms with Crippen LogP contribution in [0.25, 0.3) is 0 Å². The van der Waals surface area contributed by atoms with Crippen LogP contribution in [-0.2, 0) is 17.1 Å². The van der Waals surface area contributed by atoms with Crippen molar-refractivity contribution in [2.75, 3.05) is 11.1 Å². The number of thioether (sulfide) groups is 1. The van der Waals surface area contributed by atoms with Gasteiger partial charge >= 0.3 is 0 Å². The zero-order valence-electron chi connectivity index (χ0n) is 16.2. The molecule has 7 heteroatoms. The highest BCUT2D eigenvalue weighted by Crippen LogP contribution is 2.14. The Balaban J connectivity index is 1.39. The van der Waals surface area contributed by atoms with E-state index in [1.165, 1.54) is 11.8 Å². The molecule has 0 fully saturated rings. The van der Waals surface area contributed by atoms with Crippen LogP contribution >= 0.6 is 11.8 Å². The average Bonchev–Trinajstić information content (AvgIpc) is 2.79. The highest BCUT2D eigenvalue weighted by molar-refractivity contribution is 7.99. The Hall–Kier alpha value is -3.63. The molecule has 0 aliphatic heterocycles. The number of nitrogens with zero attached hydrogens (tertiary/aromatic N) is 2. The van der Waals surface area contributed by atoms with Gasteiger partial charge in [0.15, 0.2) is 0 Å². The summed E-state index contributed by atoms with van der Waals surface area (Å²) in [6, 6.07) is 20.1. The number of carbonyl (C=O) groups is 2. The summed E-state index contributed by atoms with van der Waals surface area (Å²) in [5, 5.41) is 14.5. The van der Waals surface area contributed by atoms with Gasteiger partial charge in [0.25, 0.3) is 5.91 Å². The molecule has 2 N–H and O–H groups in total. The Morgan fingerprint density at radius 3 is 2.27 bits per heavy atom. The Morgan fingerprint density at radius 2 is 1.60 bits per heavy atom. The monoisotopic (exact) mass is 416 g/mol. The van der Waals surface area contributed by atoms with Gasteiger partial charge in [0.05, 0.1) is 17.4 Å². The fourth-order valence-corrected chi connectivity index (χ4v) is 3.42. The minimum atomic E-state index is -0.197. The van der Waals surface area contributed by atoms with E-state index >= 15 is 0 Å². The Kier molecular flexibility index (Phi) is 7.58. The summed E-state index contributed by atoms with van der Waals surface area (Å²) in [7, 11) is 0. The molecule has 0 radical (unpaired) electrons. The van der Waals surface area contributed by atoms with Crippen LogP contribution in [0.2, 0.25) is 0 Å². The second kappa shape index (κ2) is 10.8. The second-order valence-corrected chi connectivity index (χ2v) is 7.45. The SMILES string of the molecule is N#Cc1ccc(CSCC(=O)NCc2ccc(NC(=O)c3ccncc3)cc2)cc1. The lowest BCUT2D eigenvalue weighted by Gasteiger charge is -2.08. The summed E-state index contributed by atoms with van der Waals surface area (Å²) in [6.07, 6.45) is 3.15. The quantitative estimate of drug-likeness (QED) is 0.583. The van der Waals surface area contributed by atoms with Gasteiger partial charge in [-0.3, -0.25) is 14.6 Å². The molecule has 0 aliphatic rings. The van der Waals surface area contributed by atoms with Gasteiger partial charge in [0.2, 0.25) is 5.91 Å². The summed E-state index contributed by atoms with van der Waals surface area (Å²) in [6.45, 7) is 0.425. The van der Waals surface area contributed by atoms with Crippen molar-refractivity contribution in [3.63, 3.8) is 0 Å². The summed E-state index contributed by atoms with van der Waals surface area (Å²) in [4.78, 5) is 28.1. The zero-order chi connectivity index (χ0) is 21.2. The van der Waals surface area contributed by atoms with Gasteiger partial charge in [0, 0.05) is 35.9 Å². The minimum Gasteiger partial charge on any atom is -0.351 e. The van der Waals surface area contributed by atoms with Gasteiger partial charge in [-0.2, -0.15) is 5.26 Å². The van der Waals surface area contributed by atoms with Gasteiger partial charge < -0.3 is 10.6 Å². The summed E-state index contributed by atoms with van der Waals surface area (Å²) in [5.74, 6) is 0.840. The maximum atomic E-state index is 12.1. The maximum absolute atomic E-state index is 12.1. The van der Waals surface area contributed by atoms with Gasteiger partial charge in [0.1, 0.15) is 0 Å². The number of anilines is 1. The largest absolute Gasteiger partial charge is 0.351 e. The molecule has 6 nitrogen and oxygen atoms in total. The van der Waals surface area contributed by atoms with E-state index in [0.717, 1.165) is 11.1 Å². The number of nitrogens with one attached hydrogen (secondary N) is 2. The first-order valence-corrected chi connectivity index (χ1v) is 10.4. The molecular formula is C23H20N4O2S. The molecule has 0 bridgehead atoms. The molecule has 2 amide bonds. The second-order valence-electron chi connectivity index (χ2n) is 6.47. The molecule has 150 valence electrons. The molecule has 0 aliphatic carbocycles. The average molecular weight is 417 g/mol. The van der Waals surface area contributed by atoms with E-state index in [9.17, 15) is 9.59 Å². The summed E-state index contributed by atoms with van der Waals surface area (Å²) < 4.78 is 0. The number of hydrogen-bond donors (Lipinski definition) is 2. The lowest BCUT2D eigenvalue weighted by atomic mass is 10.2. The normalized spacial score (nSPS) is 10.1. The van der Waals surface area contributed by atoms with Crippen LogP contribution in [0.15, 0.2) is 73.1 Å². The molecule has 1 aromatic heterocycles. The number of carbonyl (C=O) groups excluding carboxylic acids is 2. The third-order valence-electron chi connectivity index (χ3n) is 4.23. The molecule has 0 unspecified atom stereocenters. The van der Waals surface area contributed by atoms with Crippen LogP contribution in [0.4, 0.5) is 5.69 Å². The summed E-state index contributed by atoms with van der Waals surface area (Å²) >= 11 is 1.52. The first kappa shape index (κ1) is 21.1. The van der Waals surface area contributed by atoms with E-state index in [4.69, 9.17) is 5.26 Å². The Morgan fingerprint density at radius 1 is 0.933 bits per heavy atom. The number of amides is 2. The fourth-order valence-electron chi connectivity index (χ4n) is 2.60. The Bertz CT molecular complexity index is 1030. The van der Waals surface area contributed by atoms with Gasteiger partial charge in [-0.05, 0) is 47.5 Å². The van der Waals surface area contributed by atoms with Crippen molar-refractivity contribution >= 4 is 29.3 Å². The molecule has 3 aromatic rings. The molecule has 0 atom stereocenters. The molecule has 30 heavy (non-hydrogen) atoms. The van der Waals surface area contributed by atoms with Crippen molar-refractivity contribution in [1.82, 2.24) is 10.3 Å². The number of hydrogen-bond acceptors (Lipinski definition) is 5. The van der Waals surface area contributed by atoms with Crippen molar-refractivity contribution in [1.29, 1.82) is 5.26 Å². The van der Waals surface area contributed by atoms with E-state index in [2.05, 4.69) is 21.7 Å². The van der Waals surface area contributed by atoms with E-state index in [1.54, 1.807) is 48.8 Å². The van der Waals surface area contributed by atoms with Crippen LogP contribution in [0.3, 0.4) is 0 Å². The molecule has 3 rings (SSSR count). The molecule has 0 spiro atoms. The minimum absolute atomic E-state index is 0.0382.